The first-order valence-corrected chi connectivity index (χ1v) is 7.89. The van der Waals surface area contributed by atoms with E-state index < -0.39 is 45.7 Å². The van der Waals surface area contributed by atoms with Crippen molar-refractivity contribution >= 4 is 23.4 Å². The molecular weight excluding hydrogens is 374 g/mol. The summed E-state index contributed by atoms with van der Waals surface area (Å²) in [5, 5.41) is 33.3. The number of non-ortho nitro benzene ring substituents is 2. The van der Waals surface area contributed by atoms with E-state index in [1.165, 1.54) is 0 Å². The molecule has 0 aromatic heterocycles. The average molecular weight is 389 g/mol. The SMILES string of the molecule is O=C(NC(Cc1cc([N+](=O)[O-])cc([N+](=O)[O-])c1)C(=O)O)OCc1ccccc1. The van der Waals surface area contributed by atoms with Gasteiger partial charge < -0.3 is 15.2 Å². The quantitative estimate of drug-likeness (QED) is 0.513. The smallest absolute Gasteiger partial charge is 0.408 e. The van der Waals surface area contributed by atoms with Crippen LogP contribution in [-0.2, 0) is 22.6 Å². The van der Waals surface area contributed by atoms with Crippen molar-refractivity contribution in [3.63, 3.8) is 0 Å². The van der Waals surface area contributed by atoms with Crippen LogP contribution in [0.2, 0.25) is 0 Å². The second-order valence-corrected chi connectivity index (χ2v) is 5.67. The summed E-state index contributed by atoms with van der Waals surface area (Å²) in [6.07, 6.45) is -1.41. The van der Waals surface area contributed by atoms with Crippen molar-refractivity contribution in [2.45, 2.75) is 19.1 Å². The Balaban J connectivity index is 2.10. The minimum atomic E-state index is -1.50. The van der Waals surface area contributed by atoms with Gasteiger partial charge >= 0.3 is 12.1 Å². The van der Waals surface area contributed by atoms with Gasteiger partial charge in [-0.25, -0.2) is 9.59 Å². The van der Waals surface area contributed by atoms with E-state index in [-0.39, 0.29) is 12.2 Å². The van der Waals surface area contributed by atoms with Crippen LogP contribution in [0.25, 0.3) is 0 Å². The van der Waals surface area contributed by atoms with Crippen LogP contribution in [0.15, 0.2) is 48.5 Å². The van der Waals surface area contributed by atoms with Crippen molar-refractivity contribution in [2.75, 3.05) is 0 Å². The van der Waals surface area contributed by atoms with Gasteiger partial charge in [-0.3, -0.25) is 20.2 Å². The number of benzene rings is 2. The molecule has 0 saturated heterocycles. The minimum Gasteiger partial charge on any atom is -0.480 e. The fourth-order valence-electron chi connectivity index (χ4n) is 2.33. The number of nitrogens with one attached hydrogen (secondary N) is 1. The Hall–Kier alpha value is -4.02. The molecule has 0 heterocycles. The van der Waals surface area contributed by atoms with Crippen LogP contribution in [0.3, 0.4) is 0 Å². The summed E-state index contributed by atoms with van der Waals surface area (Å²) >= 11 is 0. The molecule has 0 bridgehead atoms. The van der Waals surface area contributed by atoms with Gasteiger partial charge in [0.15, 0.2) is 0 Å². The highest BCUT2D eigenvalue weighted by Crippen LogP contribution is 2.23. The van der Waals surface area contributed by atoms with Crippen molar-refractivity contribution in [1.82, 2.24) is 5.32 Å². The second-order valence-electron chi connectivity index (χ2n) is 5.67. The van der Waals surface area contributed by atoms with Crippen LogP contribution in [0.4, 0.5) is 16.2 Å². The number of ether oxygens (including phenoxy) is 1. The molecule has 11 heteroatoms. The molecule has 0 aliphatic carbocycles. The lowest BCUT2D eigenvalue weighted by molar-refractivity contribution is -0.394. The Kier molecular flexibility index (Phi) is 6.58. The highest BCUT2D eigenvalue weighted by atomic mass is 16.6. The molecule has 2 N–H and O–H groups in total. The van der Waals surface area contributed by atoms with Crippen LogP contribution in [-0.4, -0.2) is 33.1 Å². The molecule has 146 valence electrons. The number of alkyl carbamates (subject to hydrolysis) is 1. The summed E-state index contributed by atoms with van der Waals surface area (Å²) in [7, 11) is 0. The van der Waals surface area contributed by atoms with Gasteiger partial charge in [0.05, 0.1) is 15.9 Å². The molecule has 0 saturated carbocycles. The van der Waals surface area contributed by atoms with Crippen LogP contribution in [0.5, 0.6) is 0 Å². The summed E-state index contributed by atoms with van der Waals surface area (Å²) < 4.78 is 4.94. The molecule has 0 fully saturated rings. The number of nitro benzene ring substituents is 2. The van der Waals surface area contributed by atoms with Crippen LogP contribution in [0, 0.1) is 20.2 Å². The number of carbonyl (C=O) groups excluding carboxylic acids is 1. The fraction of sp³-hybridized carbons (Fsp3) is 0.176. The fourth-order valence-corrected chi connectivity index (χ4v) is 2.33. The van der Waals surface area contributed by atoms with Gasteiger partial charge in [-0.15, -0.1) is 0 Å². The van der Waals surface area contributed by atoms with E-state index in [4.69, 9.17) is 4.74 Å². The number of aliphatic carboxylic acids is 1. The molecular formula is C17H15N3O8. The zero-order chi connectivity index (χ0) is 20.7. The highest BCUT2D eigenvalue weighted by molar-refractivity contribution is 5.80. The van der Waals surface area contributed by atoms with Crippen molar-refractivity contribution in [3.05, 3.63) is 79.9 Å². The molecule has 11 nitrogen and oxygen atoms in total. The summed E-state index contributed by atoms with van der Waals surface area (Å²) in [6.45, 7) is -0.0821. The number of hydrogen-bond acceptors (Lipinski definition) is 7. The molecule has 1 amide bonds. The maximum Gasteiger partial charge on any atom is 0.408 e. The first kappa shape index (κ1) is 20.3. The Morgan fingerprint density at radius 1 is 1.00 bits per heavy atom. The van der Waals surface area contributed by atoms with Gasteiger partial charge in [0.1, 0.15) is 12.6 Å². The number of carbonyl (C=O) groups is 2. The van der Waals surface area contributed by atoms with Gasteiger partial charge in [0.2, 0.25) is 0 Å². The van der Waals surface area contributed by atoms with Crippen molar-refractivity contribution in [2.24, 2.45) is 0 Å². The van der Waals surface area contributed by atoms with Crippen molar-refractivity contribution in [1.29, 1.82) is 0 Å². The Morgan fingerprint density at radius 3 is 2.07 bits per heavy atom. The summed E-state index contributed by atoms with van der Waals surface area (Å²) in [5.41, 5.74) is -0.407. The monoisotopic (exact) mass is 389 g/mol. The number of rotatable bonds is 8. The molecule has 0 radical (unpaired) electrons. The zero-order valence-electron chi connectivity index (χ0n) is 14.3. The predicted octanol–water partition coefficient (Wildman–Crippen LogP) is 2.43. The Morgan fingerprint density at radius 2 is 1.57 bits per heavy atom. The molecule has 2 aromatic rings. The summed E-state index contributed by atoms with van der Waals surface area (Å²) in [6, 6.07) is 9.99. The lowest BCUT2D eigenvalue weighted by atomic mass is 10.0. The number of nitrogens with zero attached hydrogens (tertiary/aromatic N) is 2. The number of amides is 1. The normalized spacial score (nSPS) is 11.3. The Labute approximate surface area is 157 Å². The van der Waals surface area contributed by atoms with Gasteiger partial charge in [-0.05, 0) is 11.1 Å². The van der Waals surface area contributed by atoms with Gasteiger partial charge in [0, 0.05) is 18.6 Å². The topological polar surface area (TPSA) is 162 Å². The van der Waals surface area contributed by atoms with E-state index in [0.717, 1.165) is 18.2 Å². The second kappa shape index (κ2) is 9.07. The maximum atomic E-state index is 11.9. The first-order valence-electron chi connectivity index (χ1n) is 7.89. The van der Waals surface area contributed by atoms with Crippen LogP contribution >= 0.6 is 0 Å². The van der Waals surface area contributed by atoms with Gasteiger partial charge in [0.25, 0.3) is 11.4 Å². The van der Waals surface area contributed by atoms with E-state index in [1.807, 2.05) is 0 Å². The number of carboxylic acid groups (broad SMARTS) is 1. The molecule has 2 aromatic carbocycles. The molecule has 1 unspecified atom stereocenters. The summed E-state index contributed by atoms with van der Waals surface area (Å²) in [5.74, 6) is -1.43. The summed E-state index contributed by atoms with van der Waals surface area (Å²) in [4.78, 5) is 43.5. The van der Waals surface area contributed by atoms with Crippen LogP contribution in [0.1, 0.15) is 11.1 Å². The number of hydrogen-bond donors (Lipinski definition) is 2. The van der Waals surface area contributed by atoms with E-state index >= 15 is 0 Å². The third-order valence-corrected chi connectivity index (χ3v) is 3.63. The molecule has 1 atom stereocenters. The number of carboxylic acids is 1. The van der Waals surface area contributed by atoms with Crippen molar-refractivity contribution < 1.29 is 29.3 Å². The van der Waals surface area contributed by atoms with Gasteiger partial charge in [-0.2, -0.15) is 0 Å². The van der Waals surface area contributed by atoms with Crippen LogP contribution < -0.4 is 5.32 Å². The standard InChI is InChI=1S/C17H15N3O8/c21-16(22)15(18-17(23)28-10-11-4-2-1-3-5-11)8-12-6-13(19(24)25)9-14(7-12)20(26)27/h1-7,9,15H,8,10H2,(H,18,23)(H,21,22). The molecule has 0 aliphatic heterocycles. The van der Waals surface area contributed by atoms with E-state index in [9.17, 15) is 34.9 Å². The lowest BCUT2D eigenvalue weighted by Crippen LogP contribution is -2.42. The Bertz CT molecular complexity index is 868. The molecule has 0 spiro atoms. The minimum absolute atomic E-state index is 0.0108. The molecule has 0 aliphatic rings. The highest BCUT2D eigenvalue weighted by Gasteiger charge is 2.24. The average Bonchev–Trinajstić information content (AvgIpc) is 2.66. The molecule has 28 heavy (non-hydrogen) atoms. The van der Waals surface area contributed by atoms with E-state index in [0.29, 0.717) is 5.56 Å². The van der Waals surface area contributed by atoms with E-state index in [1.54, 1.807) is 30.3 Å². The predicted molar refractivity (Wildman–Crippen MR) is 94.6 cm³/mol. The lowest BCUT2D eigenvalue weighted by Gasteiger charge is -2.14. The third-order valence-electron chi connectivity index (χ3n) is 3.63. The molecule has 2 rings (SSSR count). The maximum absolute atomic E-state index is 11.9. The van der Waals surface area contributed by atoms with Gasteiger partial charge in [-0.1, -0.05) is 30.3 Å². The third kappa shape index (κ3) is 5.76. The first-order chi connectivity index (χ1) is 13.3. The largest absolute Gasteiger partial charge is 0.480 e. The zero-order valence-corrected chi connectivity index (χ0v) is 14.3. The van der Waals surface area contributed by atoms with Crippen molar-refractivity contribution in [3.8, 4) is 0 Å². The van der Waals surface area contributed by atoms with E-state index in [2.05, 4.69) is 5.32 Å². The number of nitro groups is 2.